The van der Waals surface area contributed by atoms with Crippen molar-refractivity contribution in [2.45, 2.75) is 32.8 Å². The fraction of sp³-hybridized carbons (Fsp3) is 0.474. The number of esters is 1. The van der Waals surface area contributed by atoms with Crippen LogP contribution in [0.15, 0.2) is 24.3 Å². The second kappa shape index (κ2) is 10.1. The summed E-state index contributed by atoms with van der Waals surface area (Å²) in [5.74, 6) is -1.32. The number of carbonyl (C=O) groups is 4. The van der Waals surface area contributed by atoms with Gasteiger partial charge >= 0.3 is 5.97 Å². The Hall–Kier alpha value is -2.61. The molecule has 9 heteroatoms. The topological polar surface area (TPSA) is 96.0 Å². The zero-order valence-electron chi connectivity index (χ0n) is 15.9. The van der Waals surface area contributed by atoms with Crippen molar-refractivity contribution >= 4 is 41.0 Å². The number of piperazine rings is 1. The van der Waals surface area contributed by atoms with Gasteiger partial charge in [0.15, 0.2) is 6.10 Å². The van der Waals surface area contributed by atoms with Gasteiger partial charge in [-0.25, -0.2) is 0 Å². The first-order valence-electron chi connectivity index (χ1n) is 9.06. The SMILES string of the molecule is CC(=O)N1CCN(C(=O)CCC(=O)O[C@@H](C)C(=O)Nc2ccccc2Cl)CC1. The highest BCUT2D eigenvalue weighted by Gasteiger charge is 2.24. The lowest BCUT2D eigenvalue weighted by molar-refractivity contribution is -0.154. The average molecular weight is 410 g/mol. The smallest absolute Gasteiger partial charge is 0.307 e. The number of anilines is 1. The number of hydrogen-bond donors (Lipinski definition) is 1. The van der Waals surface area contributed by atoms with Crippen molar-refractivity contribution < 1.29 is 23.9 Å². The molecule has 0 spiro atoms. The number of hydrogen-bond acceptors (Lipinski definition) is 5. The van der Waals surface area contributed by atoms with E-state index in [9.17, 15) is 19.2 Å². The molecule has 2 rings (SSSR count). The zero-order valence-corrected chi connectivity index (χ0v) is 16.7. The van der Waals surface area contributed by atoms with Gasteiger partial charge in [-0.1, -0.05) is 23.7 Å². The molecule has 1 aromatic rings. The highest BCUT2D eigenvalue weighted by Crippen LogP contribution is 2.20. The van der Waals surface area contributed by atoms with E-state index in [1.807, 2.05) is 0 Å². The van der Waals surface area contributed by atoms with Gasteiger partial charge in [-0.15, -0.1) is 0 Å². The average Bonchev–Trinajstić information content (AvgIpc) is 2.67. The number of nitrogens with zero attached hydrogens (tertiary/aromatic N) is 2. The highest BCUT2D eigenvalue weighted by molar-refractivity contribution is 6.33. The maximum atomic E-state index is 12.2. The van der Waals surface area contributed by atoms with Gasteiger partial charge in [0.25, 0.3) is 5.91 Å². The highest BCUT2D eigenvalue weighted by atomic mass is 35.5. The molecule has 28 heavy (non-hydrogen) atoms. The summed E-state index contributed by atoms with van der Waals surface area (Å²) in [5.41, 5.74) is 0.428. The second-order valence-electron chi connectivity index (χ2n) is 6.49. The van der Waals surface area contributed by atoms with E-state index in [1.165, 1.54) is 13.8 Å². The number of para-hydroxylation sites is 1. The van der Waals surface area contributed by atoms with Crippen LogP contribution in [-0.4, -0.2) is 65.8 Å². The van der Waals surface area contributed by atoms with Crippen LogP contribution in [0.2, 0.25) is 5.02 Å². The molecule has 1 aliphatic heterocycles. The van der Waals surface area contributed by atoms with Gasteiger partial charge < -0.3 is 19.9 Å². The van der Waals surface area contributed by atoms with E-state index in [4.69, 9.17) is 16.3 Å². The molecule has 0 bridgehead atoms. The number of rotatable bonds is 6. The molecule has 1 aliphatic rings. The van der Waals surface area contributed by atoms with Crippen LogP contribution in [-0.2, 0) is 23.9 Å². The molecule has 3 amide bonds. The Morgan fingerprint density at radius 3 is 2.29 bits per heavy atom. The quantitative estimate of drug-likeness (QED) is 0.721. The first-order valence-corrected chi connectivity index (χ1v) is 9.44. The fourth-order valence-corrected chi connectivity index (χ4v) is 2.93. The number of ether oxygens (including phenoxy) is 1. The lowest BCUT2D eigenvalue weighted by Crippen LogP contribution is -2.50. The van der Waals surface area contributed by atoms with Crippen LogP contribution < -0.4 is 5.32 Å². The minimum absolute atomic E-state index is 0.00222. The molecule has 0 aliphatic carbocycles. The number of carbonyl (C=O) groups excluding carboxylic acids is 4. The van der Waals surface area contributed by atoms with E-state index < -0.39 is 18.0 Å². The van der Waals surface area contributed by atoms with Crippen molar-refractivity contribution in [3.63, 3.8) is 0 Å². The van der Waals surface area contributed by atoms with Gasteiger partial charge in [-0.05, 0) is 19.1 Å². The molecule has 1 saturated heterocycles. The van der Waals surface area contributed by atoms with Crippen molar-refractivity contribution in [1.82, 2.24) is 9.80 Å². The summed E-state index contributed by atoms with van der Waals surface area (Å²) in [5, 5.41) is 2.97. The standard InChI is InChI=1S/C19H24ClN3O5/c1-13(19(27)21-16-6-4-3-5-15(16)20)28-18(26)8-7-17(25)23-11-9-22(10-12-23)14(2)24/h3-6,13H,7-12H2,1-2H3,(H,21,27)/t13-/m0/s1. The van der Waals surface area contributed by atoms with Gasteiger partial charge in [0.1, 0.15) is 0 Å². The van der Waals surface area contributed by atoms with Crippen LogP contribution in [0.1, 0.15) is 26.7 Å². The van der Waals surface area contributed by atoms with E-state index in [2.05, 4.69) is 5.32 Å². The van der Waals surface area contributed by atoms with E-state index >= 15 is 0 Å². The largest absolute Gasteiger partial charge is 0.453 e. The molecule has 8 nitrogen and oxygen atoms in total. The summed E-state index contributed by atoms with van der Waals surface area (Å²) in [7, 11) is 0. The van der Waals surface area contributed by atoms with Gasteiger partial charge in [-0.3, -0.25) is 19.2 Å². The summed E-state index contributed by atoms with van der Waals surface area (Å²) in [4.78, 5) is 50.9. The predicted molar refractivity (Wildman–Crippen MR) is 104 cm³/mol. The number of benzene rings is 1. The Bertz CT molecular complexity index is 747. The summed E-state index contributed by atoms with van der Waals surface area (Å²) in [6.07, 6.45) is -1.13. The predicted octanol–water partition coefficient (Wildman–Crippen LogP) is 1.68. The number of amides is 3. The third-order valence-corrected chi connectivity index (χ3v) is 4.76. The molecule has 0 radical (unpaired) electrons. The summed E-state index contributed by atoms with van der Waals surface area (Å²) < 4.78 is 5.09. The zero-order chi connectivity index (χ0) is 20.7. The van der Waals surface area contributed by atoms with Crippen LogP contribution in [0.5, 0.6) is 0 Å². The summed E-state index contributed by atoms with van der Waals surface area (Å²) in [6, 6.07) is 6.73. The molecule has 0 unspecified atom stereocenters. The van der Waals surface area contributed by atoms with Crippen LogP contribution in [0.3, 0.4) is 0 Å². The Kier molecular flexibility index (Phi) is 7.80. The van der Waals surface area contributed by atoms with Gasteiger partial charge in [0.2, 0.25) is 11.8 Å². The lowest BCUT2D eigenvalue weighted by Gasteiger charge is -2.34. The van der Waals surface area contributed by atoms with Crippen molar-refractivity contribution in [3.05, 3.63) is 29.3 Å². The summed E-state index contributed by atoms with van der Waals surface area (Å²) >= 11 is 5.98. The number of halogens is 1. The van der Waals surface area contributed by atoms with Crippen LogP contribution in [0.25, 0.3) is 0 Å². The van der Waals surface area contributed by atoms with E-state index in [1.54, 1.807) is 34.1 Å². The molecule has 0 saturated carbocycles. The molecule has 0 aromatic heterocycles. The van der Waals surface area contributed by atoms with Crippen molar-refractivity contribution in [1.29, 1.82) is 0 Å². The van der Waals surface area contributed by atoms with Crippen molar-refractivity contribution in [2.75, 3.05) is 31.5 Å². The second-order valence-corrected chi connectivity index (χ2v) is 6.90. The monoisotopic (exact) mass is 409 g/mol. The minimum atomic E-state index is -1.02. The van der Waals surface area contributed by atoms with Crippen LogP contribution in [0.4, 0.5) is 5.69 Å². The Labute approximate surface area is 168 Å². The molecule has 1 aromatic carbocycles. The maximum Gasteiger partial charge on any atom is 0.307 e. The first kappa shape index (κ1) is 21.7. The lowest BCUT2D eigenvalue weighted by atomic mass is 10.2. The van der Waals surface area contributed by atoms with E-state index in [0.717, 1.165) is 0 Å². The van der Waals surface area contributed by atoms with Crippen LogP contribution >= 0.6 is 11.6 Å². The minimum Gasteiger partial charge on any atom is -0.453 e. The molecule has 1 atom stereocenters. The third kappa shape index (κ3) is 6.23. The Morgan fingerprint density at radius 2 is 1.68 bits per heavy atom. The van der Waals surface area contributed by atoms with Gasteiger partial charge in [0, 0.05) is 39.5 Å². The first-order chi connectivity index (χ1) is 13.3. The molecule has 1 fully saturated rings. The molecular formula is C19H24ClN3O5. The summed E-state index contributed by atoms with van der Waals surface area (Å²) in [6.45, 7) is 4.83. The van der Waals surface area contributed by atoms with Gasteiger partial charge in [0.05, 0.1) is 17.1 Å². The fourth-order valence-electron chi connectivity index (χ4n) is 2.74. The maximum absolute atomic E-state index is 12.2. The van der Waals surface area contributed by atoms with Gasteiger partial charge in [-0.2, -0.15) is 0 Å². The molecule has 1 N–H and O–H groups in total. The normalized spacial score (nSPS) is 15.0. The van der Waals surface area contributed by atoms with E-state index in [0.29, 0.717) is 36.9 Å². The molecule has 152 valence electrons. The Morgan fingerprint density at radius 1 is 1.07 bits per heavy atom. The van der Waals surface area contributed by atoms with E-state index in [-0.39, 0.29) is 24.7 Å². The molecule has 1 heterocycles. The number of nitrogens with one attached hydrogen (secondary N) is 1. The Balaban J connectivity index is 1.73. The van der Waals surface area contributed by atoms with Crippen LogP contribution in [0, 0.1) is 0 Å². The van der Waals surface area contributed by atoms with Crippen molar-refractivity contribution in [3.8, 4) is 0 Å². The molecular weight excluding hydrogens is 386 g/mol. The third-order valence-electron chi connectivity index (χ3n) is 4.43. The van der Waals surface area contributed by atoms with Crippen molar-refractivity contribution in [2.24, 2.45) is 0 Å².